The Morgan fingerprint density at radius 3 is 1.92 bits per heavy atom. The summed E-state index contributed by atoms with van der Waals surface area (Å²) in [7, 11) is 0. The molecule has 0 atom stereocenters. The topological polar surface area (TPSA) is 19.6 Å². The summed E-state index contributed by atoms with van der Waals surface area (Å²) >= 11 is 0. The third-order valence-electron chi connectivity index (χ3n) is 7.67. The molecule has 0 saturated carbocycles. The maximum absolute atomic E-state index is 6.69. The van der Waals surface area contributed by atoms with Crippen LogP contribution in [0.25, 0.3) is 11.0 Å². The van der Waals surface area contributed by atoms with E-state index in [0.717, 1.165) is 22.8 Å². The molecule has 5 aromatic carbocycles. The van der Waals surface area contributed by atoms with E-state index in [4.69, 9.17) is 4.42 Å². The SMILES string of the molecule is Cc1cc2c3c(c1)N(c1ccccc1)c1oc4ccccc4c1B3c1ccccc1N2c1ccccc1. The van der Waals surface area contributed by atoms with E-state index in [1.165, 1.54) is 44.4 Å². The molecule has 0 radical (unpaired) electrons. The molecule has 0 fully saturated rings. The van der Waals surface area contributed by atoms with Crippen molar-refractivity contribution in [3.05, 3.63) is 127 Å². The molecule has 2 aliphatic heterocycles. The van der Waals surface area contributed by atoms with Crippen LogP contribution < -0.4 is 26.2 Å². The largest absolute Gasteiger partial charge is 0.440 e. The first-order valence-electron chi connectivity index (χ1n) is 12.7. The second-order valence-corrected chi connectivity index (χ2v) is 9.87. The molecule has 2 aliphatic rings. The summed E-state index contributed by atoms with van der Waals surface area (Å²) in [4.78, 5) is 4.74. The number of furan rings is 1. The monoisotopic (exact) mass is 474 g/mol. The molecule has 0 saturated heterocycles. The Hall–Kier alpha value is -4.70. The van der Waals surface area contributed by atoms with Gasteiger partial charge in [-0.25, -0.2) is 0 Å². The van der Waals surface area contributed by atoms with Crippen molar-refractivity contribution in [2.45, 2.75) is 6.92 Å². The van der Waals surface area contributed by atoms with Crippen LogP contribution in [-0.4, -0.2) is 6.71 Å². The first kappa shape index (κ1) is 20.5. The summed E-state index contributed by atoms with van der Waals surface area (Å²) in [5.41, 5.74) is 11.9. The summed E-state index contributed by atoms with van der Waals surface area (Å²) < 4.78 is 6.69. The second-order valence-electron chi connectivity index (χ2n) is 9.87. The van der Waals surface area contributed by atoms with E-state index in [0.29, 0.717) is 0 Å². The molecule has 37 heavy (non-hydrogen) atoms. The number of hydrogen-bond donors (Lipinski definition) is 0. The highest BCUT2D eigenvalue weighted by Crippen LogP contribution is 2.45. The zero-order chi connectivity index (χ0) is 24.5. The van der Waals surface area contributed by atoms with Gasteiger partial charge < -0.3 is 9.32 Å². The van der Waals surface area contributed by atoms with Crippen LogP contribution in [0.3, 0.4) is 0 Å². The van der Waals surface area contributed by atoms with E-state index >= 15 is 0 Å². The normalized spacial score (nSPS) is 13.4. The lowest BCUT2D eigenvalue weighted by molar-refractivity contribution is 0.622. The van der Waals surface area contributed by atoms with Gasteiger partial charge >= 0.3 is 0 Å². The van der Waals surface area contributed by atoms with Crippen LogP contribution in [-0.2, 0) is 0 Å². The van der Waals surface area contributed by atoms with Crippen LogP contribution in [0.1, 0.15) is 5.56 Å². The minimum atomic E-state index is 0.0698. The van der Waals surface area contributed by atoms with Gasteiger partial charge in [-0.3, -0.25) is 4.90 Å². The number of para-hydroxylation sites is 4. The van der Waals surface area contributed by atoms with Gasteiger partial charge in [0.1, 0.15) is 5.58 Å². The third kappa shape index (κ3) is 2.84. The lowest BCUT2D eigenvalue weighted by Crippen LogP contribution is -2.61. The minimum Gasteiger partial charge on any atom is -0.440 e. The molecule has 1 aromatic heterocycles. The number of anilines is 6. The number of hydrogen-bond acceptors (Lipinski definition) is 3. The van der Waals surface area contributed by atoms with Gasteiger partial charge in [0, 0.05) is 39.3 Å². The zero-order valence-electron chi connectivity index (χ0n) is 20.4. The van der Waals surface area contributed by atoms with Crippen LogP contribution >= 0.6 is 0 Å². The summed E-state index contributed by atoms with van der Waals surface area (Å²) in [6.45, 7) is 2.26. The van der Waals surface area contributed by atoms with Crippen LogP contribution in [0.2, 0.25) is 0 Å². The van der Waals surface area contributed by atoms with Gasteiger partial charge in [-0.2, -0.15) is 0 Å². The van der Waals surface area contributed by atoms with E-state index in [9.17, 15) is 0 Å². The smallest absolute Gasteiger partial charge is 0.257 e. The van der Waals surface area contributed by atoms with Crippen molar-refractivity contribution < 1.29 is 4.42 Å². The molecule has 0 amide bonds. The van der Waals surface area contributed by atoms with Crippen molar-refractivity contribution in [3.63, 3.8) is 0 Å². The highest BCUT2D eigenvalue weighted by atomic mass is 16.4. The predicted molar refractivity (Wildman–Crippen MR) is 155 cm³/mol. The molecule has 0 bridgehead atoms. The van der Waals surface area contributed by atoms with E-state index in [2.05, 4.69) is 138 Å². The first-order chi connectivity index (χ1) is 18.3. The van der Waals surface area contributed by atoms with Gasteiger partial charge in [0.2, 0.25) is 5.88 Å². The minimum absolute atomic E-state index is 0.0698. The quantitative estimate of drug-likeness (QED) is 0.256. The fraction of sp³-hybridized carbons (Fsp3) is 0.0303. The third-order valence-corrected chi connectivity index (χ3v) is 7.67. The molecule has 0 unspecified atom stereocenters. The molecule has 3 nitrogen and oxygen atoms in total. The Bertz CT molecular complexity index is 1810. The Morgan fingerprint density at radius 1 is 0.568 bits per heavy atom. The first-order valence-corrected chi connectivity index (χ1v) is 12.7. The number of rotatable bonds is 2. The molecule has 0 spiro atoms. The van der Waals surface area contributed by atoms with E-state index < -0.39 is 0 Å². The molecule has 4 heteroatoms. The number of fused-ring (bicyclic) bond motifs is 6. The lowest BCUT2D eigenvalue weighted by atomic mass is 9.33. The highest BCUT2D eigenvalue weighted by molar-refractivity contribution is 7.01. The summed E-state index contributed by atoms with van der Waals surface area (Å²) in [6, 6.07) is 43.2. The van der Waals surface area contributed by atoms with Gasteiger partial charge in [-0.15, -0.1) is 0 Å². The standard InChI is InChI=1S/C33H23BN2O/c1-22-20-28-32-29(21-22)36(24-14-6-3-7-15-24)33-31(25-16-8-11-19-30(25)37-33)34(32)26-17-9-10-18-27(26)35(28)23-12-4-2-5-13-23/h2-21H,1H3. The van der Waals surface area contributed by atoms with Crippen molar-refractivity contribution in [1.82, 2.24) is 0 Å². The average Bonchev–Trinajstić information content (AvgIpc) is 3.32. The van der Waals surface area contributed by atoms with E-state index in [1.54, 1.807) is 0 Å². The summed E-state index contributed by atoms with van der Waals surface area (Å²) in [5.74, 6) is 0.907. The molecule has 0 N–H and O–H groups in total. The van der Waals surface area contributed by atoms with Gasteiger partial charge in [0.25, 0.3) is 6.71 Å². The average molecular weight is 474 g/mol. The van der Waals surface area contributed by atoms with Crippen molar-refractivity contribution in [3.8, 4) is 0 Å². The van der Waals surface area contributed by atoms with E-state index in [1.807, 2.05) is 0 Å². The van der Waals surface area contributed by atoms with Gasteiger partial charge in [0.15, 0.2) is 0 Å². The Balaban J connectivity index is 1.53. The summed E-state index contributed by atoms with van der Waals surface area (Å²) in [6.07, 6.45) is 0. The van der Waals surface area contributed by atoms with Crippen molar-refractivity contribution in [2.75, 3.05) is 9.80 Å². The Morgan fingerprint density at radius 2 is 1.16 bits per heavy atom. The molecular weight excluding hydrogens is 451 g/mol. The lowest BCUT2D eigenvalue weighted by Gasteiger charge is -2.42. The molecular formula is C33H23BN2O. The van der Waals surface area contributed by atoms with Crippen molar-refractivity contribution in [1.29, 1.82) is 0 Å². The van der Waals surface area contributed by atoms with Gasteiger partial charge in [-0.1, -0.05) is 72.8 Å². The van der Waals surface area contributed by atoms with Gasteiger partial charge in [-0.05, 0) is 71.9 Å². The fourth-order valence-electron chi connectivity index (χ4n) is 6.24. The Kier molecular flexibility index (Phi) is 4.24. The highest BCUT2D eigenvalue weighted by Gasteiger charge is 2.45. The second kappa shape index (κ2) is 7.65. The number of benzene rings is 5. The van der Waals surface area contributed by atoms with Crippen LogP contribution in [0, 0.1) is 6.92 Å². The zero-order valence-corrected chi connectivity index (χ0v) is 20.4. The predicted octanol–water partition coefficient (Wildman–Crippen LogP) is 6.82. The molecule has 0 aliphatic carbocycles. The van der Waals surface area contributed by atoms with Crippen molar-refractivity contribution in [2.24, 2.45) is 0 Å². The molecule has 8 rings (SSSR count). The maximum atomic E-state index is 6.69. The Labute approximate surface area is 216 Å². The number of nitrogens with zero attached hydrogens (tertiary/aromatic N) is 2. The van der Waals surface area contributed by atoms with Gasteiger partial charge in [0.05, 0.1) is 0 Å². The maximum Gasteiger partial charge on any atom is 0.257 e. The van der Waals surface area contributed by atoms with Crippen molar-refractivity contribution >= 4 is 68.4 Å². The van der Waals surface area contributed by atoms with Crippen LogP contribution in [0.5, 0.6) is 0 Å². The van der Waals surface area contributed by atoms with E-state index in [-0.39, 0.29) is 6.71 Å². The molecule has 174 valence electrons. The molecule has 3 heterocycles. The fourth-order valence-corrected chi connectivity index (χ4v) is 6.24. The van der Waals surface area contributed by atoms with Crippen LogP contribution in [0.4, 0.5) is 34.3 Å². The molecule has 6 aromatic rings. The summed E-state index contributed by atoms with van der Waals surface area (Å²) in [5, 5.41) is 1.17. The van der Waals surface area contributed by atoms with Crippen LogP contribution in [0.15, 0.2) is 126 Å². The number of aryl methyl sites for hydroxylation is 1.